The number of aryl methyl sites for hydroxylation is 1. The molecule has 2 aromatic rings. The molecule has 1 atom stereocenters. The van der Waals surface area contributed by atoms with Crippen LogP contribution in [-0.4, -0.2) is 35.3 Å². The van der Waals surface area contributed by atoms with Gasteiger partial charge in [0, 0.05) is 23.5 Å². The first kappa shape index (κ1) is 19.4. The predicted octanol–water partition coefficient (Wildman–Crippen LogP) is 2.98. The molecule has 4 amide bonds. The Bertz CT molecular complexity index is 897. The van der Waals surface area contributed by atoms with Crippen molar-refractivity contribution in [3.63, 3.8) is 0 Å². The second kappa shape index (κ2) is 8.56. The van der Waals surface area contributed by atoms with Crippen molar-refractivity contribution in [2.24, 2.45) is 5.73 Å². The van der Waals surface area contributed by atoms with Gasteiger partial charge in [0.05, 0.1) is 0 Å². The van der Waals surface area contributed by atoms with Gasteiger partial charge in [-0.15, -0.1) is 0 Å². The lowest BCUT2D eigenvalue weighted by Gasteiger charge is -2.21. The molecule has 3 rings (SSSR count). The van der Waals surface area contributed by atoms with Crippen molar-refractivity contribution in [3.8, 4) is 0 Å². The highest BCUT2D eigenvalue weighted by Crippen LogP contribution is 2.21. The fourth-order valence-corrected chi connectivity index (χ4v) is 3.41. The van der Waals surface area contributed by atoms with E-state index in [2.05, 4.69) is 10.6 Å². The summed E-state index contributed by atoms with van der Waals surface area (Å²) >= 11 is 0. The third-order valence-corrected chi connectivity index (χ3v) is 4.88. The van der Waals surface area contributed by atoms with Crippen molar-refractivity contribution in [1.29, 1.82) is 0 Å². The topological polar surface area (TPSA) is 105 Å². The monoisotopic (exact) mass is 380 g/mol. The van der Waals surface area contributed by atoms with E-state index in [0.29, 0.717) is 24.2 Å². The molecule has 0 aromatic heterocycles. The number of likely N-dealkylation sites (tertiary alicyclic amines) is 1. The molecule has 1 heterocycles. The lowest BCUT2D eigenvalue weighted by Crippen LogP contribution is -2.45. The maximum atomic E-state index is 12.6. The number of benzene rings is 2. The summed E-state index contributed by atoms with van der Waals surface area (Å²) in [5.41, 5.74) is 8.08. The Balaban J connectivity index is 1.70. The van der Waals surface area contributed by atoms with Crippen LogP contribution in [0.3, 0.4) is 0 Å². The summed E-state index contributed by atoms with van der Waals surface area (Å²) in [4.78, 5) is 38.0. The molecule has 0 spiro atoms. The number of para-hydroxylation sites is 1. The van der Waals surface area contributed by atoms with Gasteiger partial charge in [-0.25, -0.2) is 4.79 Å². The number of primary amides is 1. The molecule has 7 nitrogen and oxygen atoms in total. The number of nitrogens with zero attached hydrogens (tertiary/aromatic N) is 1. The minimum absolute atomic E-state index is 0.253. The zero-order valence-electron chi connectivity index (χ0n) is 15.8. The summed E-state index contributed by atoms with van der Waals surface area (Å²) in [5.74, 6) is -0.554. The number of carbonyl (C=O) groups excluding carboxylic acids is 3. The molecular formula is C21H24N4O3. The van der Waals surface area contributed by atoms with Crippen molar-refractivity contribution in [3.05, 3.63) is 59.7 Å². The smallest absolute Gasteiger partial charge is 0.315 e. The summed E-state index contributed by atoms with van der Waals surface area (Å²) in [6, 6.07) is 13.2. The van der Waals surface area contributed by atoms with Crippen LogP contribution in [0, 0.1) is 0 Å². The molecule has 2 aromatic carbocycles. The molecule has 0 bridgehead atoms. The van der Waals surface area contributed by atoms with Crippen molar-refractivity contribution < 1.29 is 14.4 Å². The summed E-state index contributed by atoms with van der Waals surface area (Å²) in [7, 11) is 0. The SMILES string of the molecule is CCc1ccccc1NC(=O)c1cccc(NC(=O)[C@H]2CCCN2C(N)=O)c1. The lowest BCUT2D eigenvalue weighted by atomic mass is 10.1. The second-order valence-electron chi connectivity index (χ2n) is 6.72. The Morgan fingerprint density at radius 1 is 1.11 bits per heavy atom. The van der Waals surface area contributed by atoms with Gasteiger partial charge in [-0.2, -0.15) is 0 Å². The van der Waals surface area contributed by atoms with Gasteiger partial charge in [-0.3, -0.25) is 9.59 Å². The van der Waals surface area contributed by atoms with E-state index in [1.54, 1.807) is 24.3 Å². The first-order valence-electron chi connectivity index (χ1n) is 9.36. The molecule has 1 aliphatic heterocycles. The van der Waals surface area contributed by atoms with E-state index in [4.69, 9.17) is 5.73 Å². The minimum Gasteiger partial charge on any atom is -0.351 e. The first-order chi connectivity index (χ1) is 13.5. The van der Waals surface area contributed by atoms with E-state index < -0.39 is 12.1 Å². The van der Waals surface area contributed by atoms with Crippen molar-refractivity contribution >= 4 is 29.2 Å². The summed E-state index contributed by atoms with van der Waals surface area (Å²) < 4.78 is 0. The van der Waals surface area contributed by atoms with E-state index in [0.717, 1.165) is 24.1 Å². The number of amides is 4. The normalized spacial score (nSPS) is 15.9. The van der Waals surface area contributed by atoms with Crippen LogP contribution in [0.2, 0.25) is 0 Å². The molecule has 0 radical (unpaired) electrons. The minimum atomic E-state index is -0.597. The molecule has 1 fully saturated rings. The quantitative estimate of drug-likeness (QED) is 0.743. The maximum absolute atomic E-state index is 12.6. The van der Waals surface area contributed by atoms with Gasteiger partial charge in [0.2, 0.25) is 5.91 Å². The van der Waals surface area contributed by atoms with Crippen LogP contribution in [0.4, 0.5) is 16.2 Å². The molecule has 4 N–H and O–H groups in total. The standard InChI is InChI=1S/C21H24N4O3/c1-2-14-7-3-4-10-17(14)24-19(26)15-8-5-9-16(13-15)23-20(27)18-11-6-12-25(18)21(22)28/h3-5,7-10,13,18H,2,6,11-12H2,1H3,(H2,22,28)(H,23,27)(H,24,26)/t18-/m1/s1. The zero-order chi connectivity index (χ0) is 20.1. The number of carbonyl (C=O) groups is 3. The number of hydrogen-bond donors (Lipinski definition) is 3. The van der Waals surface area contributed by atoms with E-state index in [1.165, 1.54) is 4.90 Å². The number of urea groups is 1. The lowest BCUT2D eigenvalue weighted by molar-refractivity contribution is -0.119. The second-order valence-corrected chi connectivity index (χ2v) is 6.72. The summed E-state index contributed by atoms with van der Waals surface area (Å²) in [6.07, 6.45) is 2.12. The number of rotatable bonds is 5. The maximum Gasteiger partial charge on any atom is 0.315 e. The fraction of sp³-hybridized carbons (Fsp3) is 0.286. The average Bonchev–Trinajstić information content (AvgIpc) is 3.19. The molecule has 0 saturated carbocycles. The van der Waals surface area contributed by atoms with Crippen LogP contribution in [-0.2, 0) is 11.2 Å². The number of nitrogens with two attached hydrogens (primary N) is 1. The van der Waals surface area contributed by atoms with Gasteiger partial charge in [0.15, 0.2) is 0 Å². The molecule has 7 heteroatoms. The molecule has 0 unspecified atom stereocenters. The Labute approximate surface area is 163 Å². The van der Waals surface area contributed by atoms with Gasteiger partial charge >= 0.3 is 6.03 Å². The van der Waals surface area contributed by atoms with Gasteiger partial charge in [-0.1, -0.05) is 31.2 Å². The van der Waals surface area contributed by atoms with Gasteiger partial charge < -0.3 is 21.3 Å². The van der Waals surface area contributed by atoms with Crippen LogP contribution >= 0.6 is 0 Å². The number of hydrogen-bond acceptors (Lipinski definition) is 3. The van der Waals surface area contributed by atoms with Crippen LogP contribution in [0.25, 0.3) is 0 Å². The van der Waals surface area contributed by atoms with Crippen LogP contribution < -0.4 is 16.4 Å². The van der Waals surface area contributed by atoms with E-state index in [-0.39, 0.29) is 11.8 Å². The van der Waals surface area contributed by atoms with E-state index >= 15 is 0 Å². The fourth-order valence-electron chi connectivity index (χ4n) is 3.41. The Hall–Kier alpha value is -3.35. The number of anilines is 2. The first-order valence-corrected chi connectivity index (χ1v) is 9.36. The molecule has 28 heavy (non-hydrogen) atoms. The van der Waals surface area contributed by atoms with Crippen molar-refractivity contribution in [2.45, 2.75) is 32.2 Å². The summed E-state index contributed by atoms with van der Waals surface area (Å²) in [6.45, 7) is 2.51. The van der Waals surface area contributed by atoms with Gasteiger partial charge in [-0.05, 0) is 49.1 Å². The number of nitrogens with one attached hydrogen (secondary N) is 2. The van der Waals surface area contributed by atoms with Crippen LogP contribution in [0.1, 0.15) is 35.7 Å². The Kier molecular flexibility index (Phi) is 5.93. The van der Waals surface area contributed by atoms with Gasteiger partial charge in [0.25, 0.3) is 5.91 Å². The van der Waals surface area contributed by atoms with Crippen LogP contribution in [0.15, 0.2) is 48.5 Å². The Morgan fingerprint density at radius 3 is 2.64 bits per heavy atom. The molecule has 1 aliphatic rings. The largest absolute Gasteiger partial charge is 0.351 e. The molecule has 0 aliphatic carbocycles. The van der Waals surface area contributed by atoms with Crippen molar-refractivity contribution in [1.82, 2.24) is 4.90 Å². The highest BCUT2D eigenvalue weighted by Gasteiger charge is 2.33. The molecule has 146 valence electrons. The van der Waals surface area contributed by atoms with Gasteiger partial charge in [0.1, 0.15) is 6.04 Å². The van der Waals surface area contributed by atoms with E-state index in [9.17, 15) is 14.4 Å². The highest BCUT2D eigenvalue weighted by molar-refractivity contribution is 6.06. The predicted molar refractivity (Wildman–Crippen MR) is 108 cm³/mol. The van der Waals surface area contributed by atoms with Crippen LogP contribution in [0.5, 0.6) is 0 Å². The molecular weight excluding hydrogens is 356 g/mol. The third kappa shape index (κ3) is 4.31. The molecule has 1 saturated heterocycles. The zero-order valence-corrected chi connectivity index (χ0v) is 15.8. The summed E-state index contributed by atoms with van der Waals surface area (Å²) in [5, 5.41) is 5.70. The highest BCUT2D eigenvalue weighted by atomic mass is 16.2. The van der Waals surface area contributed by atoms with Crippen molar-refractivity contribution in [2.75, 3.05) is 17.2 Å². The third-order valence-electron chi connectivity index (χ3n) is 4.88. The van der Waals surface area contributed by atoms with E-state index in [1.807, 2.05) is 31.2 Å². The average molecular weight is 380 g/mol. The Morgan fingerprint density at radius 2 is 1.89 bits per heavy atom.